The van der Waals surface area contributed by atoms with Crippen LogP contribution in [0.25, 0.3) is 5.78 Å². The number of carbonyl (C=O) groups excluding carboxylic acids is 1. The monoisotopic (exact) mass is 393 g/mol. The largest absolute Gasteiger partial charge is 0.496 e. The molecule has 0 fully saturated rings. The lowest BCUT2D eigenvalue weighted by molar-refractivity contribution is 0.0718. The van der Waals surface area contributed by atoms with E-state index in [-0.39, 0.29) is 11.7 Å². The van der Waals surface area contributed by atoms with Gasteiger partial charge in [0.15, 0.2) is 0 Å². The molecule has 8 heteroatoms. The molecule has 28 heavy (non-hydrogen) atoms. The van der Waals surface area contributed by atoms with Crippen LogP contribution in [-0.2, 0) is 13.1 Å². The maximum Gasteiger partial charge on any atom is 0.294 e. The summed E-state index contributed by atoms with van der Waals surface area (Å²) in [5, 5.41) is 6.37. The molecule has 0 saturated heterocycles. The van der Waals surface area contributed by atoms with Gasteiger partial charge in [-0.1, -0.05) is 24.3 Å². The third-order valence-electron chi connectivity index (χ3n) is 4.39. The topological polar surface area (TPSA) is 72.6 Å². The summed E-state index contributed by atoms with van der Waals surface area (Å²) >= 11 is 1.61. The van der Waals surface area contributed by atoms with Crippen LogP contribution in [0.1, 0.15) is 26.8 Å². The molecule has 1 aromatic carbocycles. The fourth-order valence-electron chi connectivity index (χ4n) is 2.97. The van der Waals surface area contributed by atoms with Crippen LogP contribution in [0, 0.1) is 6.92 Å². The number of ether oxygens (including phenoxy) is 1. The standard InChI is InChI=1S/C20H19N5O2S/c1-14-9-10-21-20-22-18(23-25(14)20)19(26)24(13-16-7-5-11-28-16)12-15-6-3-4-8-17(15)27-2/h3-11H,12-13H2,1-2H3. The summed E-state index contributed by atoms with van der Waals surface area (Å²) in [7, 11) is 1.63. The van der Waals surface area contributed by atoms with Gasteiger partial charge in [0.25, 0.3) is 11.7 Å². The highest BCUT2D eigenvalue weighted by Crippen LogP contribution is 2.22. The average molecular weight is 393 g/mol. The van der Waals surface area contributed by atoms with Gasteiger partial charge in [-0.25, -0.2) is 9.50 Å². The predicted octanol–water partition coefficient (Wildman–Crippen LogP) is 3.35. The van der Waals surface area contributed by atoms with E-state index < -0.39 is 0 Å². The zero-order chi connectivity index (χ0) is 19.5. The maximum atomic E-state index is 13.3. The second-order valence-corrected chi connectivity index (χ2v) is 7.32. The number of rotatable bonds is 6. The van der Waals surface area contributed by atoms with Crippen molar-refractivity contribution in [2.75, 3.05) is 7.11 Å². The van der Waals surface area contributed by atoms with Crippen LogP contribution in [0.15, 0.2) is 54.0 Å². The first-order chi connectivity index (χ1) is 13.7. The van der Waals surface area contributed by atoms with E-state index in [0.29, 0.717) is 18.9 Å². The van der Waals surface area contributed by atoms with E-state index in [1.165, 1.54) is 0 Å². The first kappa shape index (κ1) is 18.1. The number of amides is 1. The molecule has 0 radical (unpaired) electrons. The minimum atomic E-state index is -0.246. The molecule has 0 N–H and O–H groups in total. The minimum Gasteiger partial charge on any atom is -0.496 e. The number of hydrogen-bond acceptors (Lipinski definition) is 6. The number of fused-ring (bicyclic) bond motifs is 1. The Balaban J connectivity index is 1.69. The first-order valence-electron chi connectivity index (χ1n) is 8.77. The number of aromatic nitrogens is 4. The number of thiophene rings is 1. The van der Waals surface area contributed by atoms with Crippen molar-refractivity contribution in [3.05, 3.63) is 76.0 Å². The molecular weight excluding hydrogens is 374 g/mol. The zero-order valence-electron chi connectivity index (χ0n) is 15.6. The number of para-hydroxylation sites is 1. The molecule has 0 aliphatic heterocycles. The van der Waals surface area contributed by atoms with Crippen LogP contribution in [-0.4, -0.2) is 37.5 Å². The lowest BCUT2D eigenvalue weighted by atomic mass is 10.2. The van der Waals surface area contributed by atoms with Crippen molar-refractivity contribution in [2.45, 2.75) is 20.0 Å². The lowest BCUT2D eigenvalue weighted by Gasteiger charge is -2.22. The van der Waals surface area contributed by atoms with Gasteiger partial charge in [0.1, 0.15) is 5.75 Å². The molecule has 0 aliphatic rings. The van der Waals surface area contributed by atoms with E-state index in [1.807, 2.05) is 54.8 Å². The van der Waals surface area contributed by atoms with E-state index >= 15 is 0 Å². The average Bonchev–Trinajstić information content (AvgIpc) is 3.37. The fraction of sp³-hybridized carbons (Fsp3) is 0.200. The van der Waals surface area contributed by atoms with Crippen molar-refractivity contribution in [1.82, 2.24) is 24.5 Å². The Bertz CT molecular complexity index is 1110. The van der Waals surface area contributed by atoms with Crippen molar-refractivity contribution in [3.8, 4) is 5.75 Å². The quantitative estimate of drug-likeness (QED) is 0.502. The molecule has 4 rings (SSSR count). The summed E-state index contributed by atoms with van der Waals surface area (Å²) < 4.78 is 7.03. The molecule has 0 unspecified atom stereocenters. The Kier molecular flexibility index (Phi) is 5.03. The van der Waals surface area contributed by atoms with Crippen LogP contribution in [0.3, 0.4) is 0 Å². The van der Waals surface area contributed by atoms with E-state index in [0.717, 1.165) is 21.9 Å². The Morgan fingerprint density at radius 1 is 1.18 bits per heavy atom. The summed E-state index contributed by atoms with van der Waals surface area (Å²) in [6, 6.07) is 13.5. The van der Waals surface area contributed by atoms with Gasteiger partial charge in [-0.2, -0.15) is 4.98 Å². The number of benzene rings is 1. The van der Waals surface area contributed by atoms with Crippen LogP contribution < -0.4 is 4.74 Å². The summed E-state index contributed by atoms with van der Waals surface area (Å²) in [5.41, 5.74) is 1.79. The fourth-order valence-corrected chi connectivity index (χ4v) is 3.69. The van der Waals surface area contributed by atoms with Gasteiger partial charge in [-0.15, -0.1) is 16.4 Å². The van der Waals surface area contributed by atoms with E-state index in [4.69, 9.17) is 4.74 Å². The molecule has 0 aliphatic carbocycles. The molecule has 0 saturated carbocycles. The smallest absolute Gasteiger partial charge is 0.294 e. The number of carbonyl (C=O) groups is 1. The van der Waals surface area contributed by atoms with Gasteiger partial charge < -0.3 is 9.64 Å². The molecule has 0 bridgehead atoms. The first-order valence-corrected chi connectivity index (χ1v) is 9.65. The van der Waals surface area contributed by atoms with E-state index in [9.17, 15) is 4.79 Å². The van der Waals surface area contributed by atoms with Crippen LogP contribution in [0.5, 0.6) is 5.75 Å². The Hall–Kier alpha value is -3.26. The van der Waals surface area contributed by atoms with Gasteiger partial charge in [0, 0.05) is 22.3 Å². The zero-order valence-corrected chi connectivity index (χ0v) is 16.4. The van der Waals surface area contributed by atoms with Crippen molar-refractivity contribution in [1.29, 1.82) is 0 Å². The summed E-state index contributed by atoms with van der Waals surface area (Å²) in [5.74, 6) is 1.04. The summed E-state index contributed by atoms with van der Waals surface area (Å²) in [4.78, 5) is 24.6. The number of aryl methyl sites for hydroxylation is 1. The Morgan fingerprint density at radius 2 is 2.04 bits per heavy atom. The summed E-state index contributed by atoms with van der Waals surface area (Å²) in [6.07, 6.45) is 1.66. The molecule has 4 aromatic rings. The van der Waals surface area contributed by atoms with E-state index in [1.54, 1.807) is 34.1 Å². The lowest BCUT2D eigenvalue weighted by Crippen LogP contribution is -2.31. The highest BCUT2D eigenvalue weighted by atomic mass is 32.1. The van der Waals surface area contributed by atoms with Crippen molar-refractivity contribution in [3.63, 3.8) is 0 Å². The third-order valence-corrected chi connectivity index (χ3v) is 5.25. The SMILES string of the molecule is COc1ccccc1CN(Cc1cccs1)C(=O)c1nc2nccc(C)n2n1. The maximum absolute atomic E-state index is 13.3. The van der Waals surface area contributed by atoms with Crippen LogP contribution in [0.2, 0.25) is 0 Å². The predicted molar refractivity (Wildman–Crippen MR) is 106 cm³/mol. The van der Waals surface area contributed by atoms with Crippen LogP contribution in [0.4, 0.5) is 0 Å². The summed E-state index contributed by atoms with van der Waals surface area (Å²) in [6.45, 7) is 2.76. The molecule has 3 heterocycles. The van der Waals surface area contributed by atoms with Gasteiger partial charge in [0.05, 0.1) is 20.2 Å². The van der Waals surface area contributed by atoms with Gasteiger partial charge in [-0.3, -0.25) is 4.79 Å². The van der Waals surface area contributed by atoms with Crippen molar-refractivity contribution >= 4 is 23.0 Å². The molecular formula is C20H19N5O2S. The highest BCUT2D eigenvalue weighted by Gasteiger charge is 2.23. The highest BCUT2D eigenvalue weighted by molar-refractivity contribution is 7.09. The van der Waals surface area contributed by atoms with Crippen LogP contribution >= 0.6 is 11.3 Å². The molecule has 0 atom stereocenters. The molecule has 142 valence electrons. The van der Waals surface area contributed by atoms with Gasteiger partial charge >= 0.3 is 0 Å². The molecule has 7 nitrogen and oxygen atoms in total. The number of methoxy groups -OCH3 is 1. The molecule has 0 spiro atoms. The van der Waals surface area contributed by atoms with Gasteiger partial charge in [-0.05, 0) is 30.5 Å². The van der Waals surface area contributed by atoms with Gasteiger partial charge in [0.2, 0.25) is 5.82 Å². The van der Waals surface area contributed by atoms with E-state index in [2.05, 4.69) is 15.1 Å². The Morgan fingerprint density at radius 3 is 2.79 bits per heavy atom. The third kappa shape index (κ3) is 3.59. The second kappa shape index (κ2) is 7.77. The second-order valence-electron chi connectivity index (χ2n) is 6.29. The van der Waals surface area contributed by atoms with Crippen molar-refractivity contribution < 1.29 is 9.53 Å². The van der Waals surface area contributed by atoms with Crippen molar-refractivity contribution in [2.24, 2.45) is 0 Å². The minimum absolute atomic E-state index is 0.133. The number of nitrogens with zero attached hydrogens (tertiary/aromatic N) is 5. The number of hydrogen-bond donors (Lipinski definition) is 0. The molecule has 1 amide bonds. The molecule has 3 aromatic heterocycles. The Labute approximate surface area is 166 Å². The normalized spacial score (nSPS) is 10.9.